The monoisotopic (exact) mass is 331 g/mol. The second-order valence-corrected chi connectivity index (χ2v) is 4.99. The standard InChI is InChI=1S/C17H17NO6/c1-11-7-8-12(9-14(11)18(20)21)17(19)24-10-13-5-4-6-15(22-2)16(13)23-3/h4-9H,10H2,1-3H3. The Balaban J connectivity index is 2.17. The highest BCUT2D eigenvalue weighted by Gasteiger charge is 2.17. The van der Waals surface area contributed by atoms with Crippen molar-refractivity contribution in [1.82, 2.24) is 0 Å². The normalized spacial score (nSPS) is 10.1. The largest absolute Gasteiger partial charge is 0.493 e. The third-order valence-corrected chi connectivity index (χ3v) is 3.48. The number of para-hydroxylation sites is 1. The van der Waals surface area contributed by atoms with Crippen molar-refractivity contribution in [2.24, 2.45) is 0 Å². The van der Waals surface area contributed by atoms with Crippen LogP contribution in [0.2, 0.25) is 0 Å². The number of hydrogen-bond acceptors (Lipinski definition) is 6. The van der Waals surface area contributed by atoms with Crippen LogP contribution in [0.5, 0.6) is 11.5 Å². The van der Waals surface area contributed by atoms with Crippen molar-refractivity contribution in [2.75, 3.05) is 14.2 Å². The van der Waals surface area contributed by atoms with E-state index in [4.69, 9.17) is 14.2 Å². The van der Waals surface area contributed by atoms with Crippen molar-refractivity contribution < 1.29 is 23.9 Å². The number of rotatable bonds is 6. The summed E-state index contributed by atoms with van der Waals surface area (Å²) in [5.41, 5.74) is 1.11. The van der Waals surface area contributed by atoms with Crippen LogP contribution < -0.4 is 9.47 Å². The average molecular weight is 331 g/mol. The highest BCUT2D eigenvalue weighted by atomic mass is 16.6. The topological polar surface area (TPSA) is 87.9 Å². The molecule has 0 aromatic heterocycles. The van der Waals surface area contributed by atoms with Crippen LogP contribution in [0.4, 0.5) is 5.69 Å². The zero-order valence-corrected chi connectivity index (χ0v) is 13.6. The summed E-state index contributed by atoms with van der Waals surface area (Å²) < 4.78 is 15.7. The minimum Gasteiger partial charge on any atom is -0.493 e. The molecule has 0 aliphatic carbocycles. The first-order chi connectivity index (χ1) is 11.5. The third-order valence-electron chi connectivity index (χ3n) is 3.48. The minimum absolute atomic E-state index is 0.0408. The molecule has 0 saturated heterocycles. The summed E-state index contributed by atoms with van der Waals surface area (Å²) in [5, 5.41) is 11.0. The van der Waals surface area contributed by atoms with Crippen molar-refractivity contribution in [1.29, 1.82) is 0 Å². The fraction of sp³-hybridized carbons (Fsp3) is 0.235. The summed E-state index contributed by atoms with van der Waals surface area (Å²) in [6, 6.07) is 9.44. The van der Waals surface area contributed by atoms with Crippen LogP contribution in [0.25, 0.3) is 0 Å². The molecule has 2 aromatic carbocycles. The number of nitrogens with zero attached hydrogens (tertiary/aromatic N) is 1. The van der Waals surface area contributed by atoms with Gasteiger partial charge in [0, 0.05) is 17.2 Å². The molecule has 24 heavy (non-hydrogen) atoms. The Morgan fingerprint density at radius 1 is 1.17 bits per heavy atom. The Bertz CT molecular complexity index is 772. The van der Waals surface area contributed by atoms with Gasteiger partial charge in [0.2, 0.25) is 0 Å². The van der Waals surface area contributed by atoms with Gasteiger partial charge in [-0.3, -0.25) is 10.1 Å². The summed E-state index contributed by atoms with van der Waals surface area (Å²) in [6.45, 7) is 1.56. The van der Waals surface area contributed by atoms with Gasteiger partial charge in [0.15, 0.2) is 11.5 Å². The predicted octanol–water partition coefficient (Wildman–Crippen LogP) is 3.28. The molecule has 2 rings (SSSR count). The van der Waals surface area contributed by atoms with E-state index in [0.717, 1.165) is 0 Å². The Morgan fingerprint density at radius 3 is 2.54 bits per heavy atom. The van der Waals surface area contributed by atoms with E-state index in [0.29, 0.717) is 22.6 Å². The molecule has 0 radical (unpaired) electrons. The molecule has 0 aliphatic rings. The second kappa shape index (κ2) is 7.45. The number of hydrogen-bond donors (Lipinski definition) is 0. The van der Waals surface area contributed by atoms with Gasteiger partial charge in [-0.2, -0.15) is 0 Å². The van der Waals surface area contributed by atoms with Gasteiger partial charge >= 0.3 is 5.97 Å². The van der Waals surface area contributed by atoms with Gasteiger partial charge in [-0.05, 0) is 19.1 Å². The molecule has 0 heterocycles. The van der Waals surface area contributed by atoms with E-state index in [1.54, 1.807) is 25.1 Å². The van der Waals surface area contributed by atoms with Crippen LogP contribution in [0, 0.1) is 17.0 Å². The summed E-state index contributed by atoms with van der Waals surface area (Å²) >= 11 is 0. The molecule has 0 unspecified atom stereocenters. The number of aryl methyl sites for hydroxylation is 1. The molecule has 7 heteroatoms. The molecule has 0 aliphatic heterocycles. The SMILES string of the molecule is COc1cccc(COC(=O)c2ccc(C)c([N+](=O)[O-])c2)c1OC. The zero-order chi connectivity index (χ0) is 17.7. The maximum atomic E-state index is 12.1. The van der Waals surface area contributed by atoms with Gasteiger partial charge < -0.3 is 14.2 Å². The lowest BCUT2D eigenvalue weighted by Crippen LogP contribution is -2.07. The molecule has 0 spiro atoms. The van der Waals surface area contributed by atoms with Crippen molar-refractivity contribution in [3.05, 3.63) is 63.2 Å². The lowest BCUT2D eigenvalue weighted by molar-refractivity contribution is -0.385. The summed E-state index contributed by atoms with van der Waals surface area (Å²) in [4.78, 5) is 22.6. The summed E-state index contributed by atoms with van der Waals surface area (Å²) in [6.07, 6.45) is 0. The van der Waals surface area contributed by atoms with E-state index in [9.17, 15) is 14.9 Å². The minimum atomic E-state index is -0.650. The van der Waals surface area contributed by atoms with Gasteiger partial charge in [0.1, 0.15) is 6.61 Å². The molecular formula is C17H17NO6. The van der Waals surface area contributed by atoms with E-state index < -0.39 is 10.9 Å². The Kier molecular flexibility index (Phi) is 5.36. The van der Waals surface area contributed by atoms with Crippen LogP contribution >= 0.6 is 0 Å². The van der Waals surface area contributed by atoms with Crippen LogP contribution in [-0.4, -0.2) is 25.1 Å². The van der Waals surface area contributed by atoms with Crippen LogP contribution in [-0.2, 0) is 11.3 Å². The number of nitro groups is 1. The molecule has 2 aromatic rings. The van der Waals surface area contributed by atoms with Gasteiger partial charge in [0.25, 0.3) is 5.69 Å². The van der Waals surface area contributed by atoms with E-state index in [-0.39, 0.29) is 17.9 Å². The molecule has 0 amide bonds. The van der Waals surface area contributed by atoms with Gasteiger partial charge in [-0.15, -0.1) is 0 Å². The number of ether oxygens (including phenoxy) is 3. The maximum absolute atomic E-state index is 12.1. The van der Waals surface area contributed by atoms with E-state index in [2.05, 4.69) is 0 Å². The fourth-order valence-electron chi connectivity index (χ4n) is 2.23. The van der Waals surface area contributed by atoms with Crippen LogP contribution in [0.3, 0.4) is 0 Å². The number of esters is 1. The highest BCUT2D eigenvalue weighted by Crippen LogP contribution is 2.31. The third kappa shape index (κ3) is 3.62. The maximum Gasteiger partial charge on any atom is 0.338 e. The second-order valence-electron chi connectivity index (χ2n) is 4.99. The number of methoxy groups -OCH3 is 2. The number of carbonyl (C=O) groups excluding carboxylic acids is 1. The molecule has 0 saturated carbocycles. The van der Waals surface area contributed by atoms with Crippen molar-refractivity contribution in [3.63, 3.8) is 0 Å². The van der Waals surface area contributed by atoms with Crippen molar-refractivity contribution >= 4 is 11.7 Å². The van der Waals surface area contributed by atoms with Gasteiger partial charge in [-0.1, -0.05) is 18.2 Å². The Morgan fingerprint density at radius 2 is 1.92 bits per heavy atom. The molecule has 0 N–H and O–H groups in total. The molecule has 0 fully saturated rings. The van der Waals surface area contributed by atoms with Crippen molar-refractivity contribution in [3.8, 4) is 11.5 Å². The lowest BCUT2D eigenvalue weighted by atomic mass is 10.1. The van der Waals surface area contributed by atoms with E-state index in [1.807, 2.05) is 0 Å². The number of nitro benzene ring substituents is 1. The Hall–Kier alpha value is -3.09. The van der Waals surface area contributed by atoms with Crippen LogP contribution in [0.1, 0.15) is 21.5 Å². The van der Waals surface area contributed by atoms with Gasteiger partial charge in [-0.25, -0.2) is 4.79 Å². The number of carbonyl (C=O) groups is 1. The number of benzene rings is 2. The van der Waals surface area contributed by atoms with E-state index in [1.165, 1.54) is 32.4 Å². The van der Waals surface area contributed by atoms with Crippen molar-refractivity contribution in [2.45, 2.75) is 13.5 Å². The quantitative estimate of drug-likeness (QED) is 0.458. The Labute approximate surface area is 138 Å². The van der Waals surface area contributed by atoms with E-state index >= 15 is 0 Å². The molecular weight excluding hydrogens is 314 g/mol. The lowest BCUT2D eigenvalue weighted by Gasteiger charge is -2.12. The zero-order valence-electron chi connectivity index (χ0n) is 13.6. The summed E-state index contributed by atoms with van der Waals surface area (Å²) in [5.74, 6) is 0.350. The molecule has 0 atom stereocenters. The first-order valence-electron chi connectivity index (χ1n) is 7.10. The summed E-state index contributed by atoms with van der Waals surface area (Å²) in [7, 11) is 3.01. The smallest absolute Gasteiger partial charge is 0.338 e. The molecule has 126 valence electrons. The van der Waals surface area contributed by atoms with Gasteiger partial charge in [0.05, 0.1) is 24.7 Å². The first-order valence-corrected chi connectivity index (χ1v) is 7.10. The predicted molar refractivity (Wildman–Crippen MR) is 86.5 cm³/mol. The first kappa shape index (κ1) is 17.3. The molecule has 7 nitrogen and oxygen atoms in total. The fourth-order valence-corrected chi connectivity index (χ4v) is 2.23. The average Bonchev–Trinajstić information content (AvgIpc) is 2.59. The highest BCUT2D eigenvalue weighted by molar-refractivity contribution is 5.90. The van der Waals surface area contributed by atoms with Crippen LogP contribution in [0.15, 0.2) is 36.4 Å². The molecule has 0 bridgehead atoms.